The van der Waals surface area contributed by atoms with E-state index in [1.807, 2.05) is 24.5 Å². The highest BCUT2D eigenvalue weighted by Crippen LogP contribution is 2.19. The molecule has 0 aliphatic heterocycles. The van der Waals surface area contributed by atoms with Crippen LogP contribution in [0.5, 0.6) is 0 Å². The summed E-state index contributed by atoms with van der Waals surface area (Å²) in [5.41, 5.74) is 2.30. The molecule has 0 aliphatic carbocycles. The van der Waals surface area contributed by atoms with Crippen LogP contribution in [0, 0.1) is 0 Å². The van der Waals surface area contributed by atoms with E-state index in [4.69, 9.17) is 5.11 Å². The Balaban J connectivity index is 2.05. The Bertz CT molecular complexity index is 584. The van der Waals surface area contributed by atoms with Crippen LogP contribution in [0.1, 0.15) is 15.9 Å². The Kier molecular flexibility index (Phi) is 4.47. The summed E-state index contributed by atoms with van der Waals surface area (Å²) in [4.78, 5) is 12.1. The fourth-order valence-electron chi connectivity index (χ4n) is 1.75. The van der Waals surface area contributed by atoms with E-state index in [0.29, 0.717) is 12.1 Å². The van der Waals surface area contributed by atoms with Crippen LogP contribution >= 0.6 is 11.8 Å². The molecule has 19 heavy (non-hydrogen) atoms. The van der Waals surface area contributed by atoms with Crippen LogP contribution in [-0.2, 0) is 6.54 Å². The number of aromatic carboxylic acids is 1. The molecule has 2 aromatic rings. The molecule has 0 amide bonds. The molecule has 0 aliphatic rings. The number of hydrogen-bond donors (Lipinski definition) is 2. The smallest absolute Gasteiger partial charge is 0.335 e. The van der Waals surface area contributed by atoms with Crippen molar-refractivity contribution in [2.45, 2.75) is 11.4 Å². The van der Waals surface area contributed by atoms with Gasteiger partial charge in [0.25, 0.3) is 0 Å². The van der Waals surface area contributed by atoms with Gasteiger partial charge in [-0.1, -0.05) is 18.2 Å². The number of carboxylic acid groups (broad SMARTS) is 1. The van der Waals surface area contributed by atoms with Crippen molar-refractivity contribution in [2.75, 3.05) is 11.6 Å². The lowest BCUT2D eigenvalue weighted by atomic mass is 10.1. The summed E-state index contributed by atoms with van der Waals surface area (Å²) in [6, 6.07) is 15.1. The highest BCUT2D eigenvalue weighted by atomic mass is 32.2. The molecule has 0 bridgehead atoms. The zero-order chi connectivity index (χ0) is 13.7. The monoisotopic (exact) mass is 273 g/mol. The molecular weight excluding hydrogens is 258 g/mol. The number of thioether (sulfide) groups is 1. The van der Waals surface area contributed by atoms with Crippen LogP contribution in [-0.4, -0.2) is 17.3 Å². The summed E-state index contributed by atoms with van der Waals surface area (Å²) in [5, 5.41) is 12.2. The number of carboxylic acids is 1. The summed E-state index contributed by atoms with van der Waals surface area (Å²) in [7, 11) is 0. The lowest BCUT2D eigenvalue weighted by Gasteiger charge is -2.08. The van der Waals surface area contributed by atoms with Gasteiger partial charge in [0.15, 0.2) is 0 Å². The van der Waals surface area contributed by atoms with Gasteiger partial charge < -0.3 is 10.4 Å². The van der Waals surface area contributed by atoms with Crippen LogP contribution < -0.4 is 5.32 Å². The van der Waals surface area contributed by atoms with Crippen molar-refractivity contribution >= 4 is 23.4 Å². The van der Waals surface area contributed by atoms with Gasteiger partial charge in [0.1, 0.15) is 0 Å². The summed E-state index contributed by atoms with van der Waals surface area (Å²) in [6.45, 7) is 0.610. The number of carbonyl (C=O) groups is 1. The largest absolute Gasteiger partial charge is 0.478 e. The van der Waals surface area contributed by atoms with Crippen molar-refractivity contribution in [1.29, 1.82) is 0 Å². The maximum Gasteiger partial charge on any atom is 0.335 e. The van der Waals surface area contributed by atoms with Crippen molar-refractivity contribution in [3.63, 3.8) is 0 Å². The highest BCUT2D eigenvalue weighted by molar-refractivity contribution is 7.98. The van der Waals surface area contributed by atoms with Gasteiger partial charge in [0, 0.05) is 17.1 Å². The van der Waals surface area contributed by atoms with Gasteiger partial charge in [-0.2, -0.15) is 0 Å². The Morgan fingerprint density at radius 3 is 2.74 bits per heavy atom. The second-order valence-electron chi connectivity index (χ2n) is 4.09. The quantitative estimate of drug-likeness (QED) is 0.815. The molecule has 0 radical (unpaired) electrons. The third kappa shape index (κ3) is 3.76. The van der Waals surface area contributed by atoms with E-state index in [-0.39, 0.29) is 0 Å². The topological polar surface area (TPSA) is 49.3 Å². The van der Waals surface area contributed by atoms with E-state index in [1.165, 1.54) is 4.90 Å². The Morgan fingerprint density at radius 2 is 2.00 bits per heavy atom. The molecule has 0 heterocycles. The van der Waals surface area contributed by atoms with E-state index < -0.39 is 5.97 Å². The molecule has 0 unspecified atom stereocenters. The zero-order valence-corrected chi connectivity index (χ0v) is 11.4. The summed E-state index contributed by atoms with van der Waals surface area (Å²) >= 11 is 1.69. The van der Waals surface area contributed by atoms with Crippen molar-refractivity contribution in [3.05, 3.63) is 59.7 Å². The average molecular weight is 273 g/mol. The maximum atomic E-state index is 10.9. The number of rotatable bonds is 5. The van der Waals surface area contributed by atoms with E-state index in [0.717, 1.165) is 11.3 Å². The van der Waals surface area contributed by atoms with Crippen LogP contribution in [0.25, 0.3) is 0 Å². The predicted octanol–water partition coefficient (Wildman–Crippen LogP) is 3.72. The van der Waals surface area contributed by atoms with Gasteiger partial charge in [-0.15, -0.1) is 11.8 Å². The van der Waals surface area contributed by atoms with Gasteiger partial charge in [0.2, 0.25) is 0 Å². The van der Waals surface area contributed by atoms with E-state index >= 15 is 0 Å². The molecule has 0 atom stereocenters. The first-order valence-corrected chi connectivity index (χ1v) is 7.11. The molecule has 3 nitrogen and oxygen atoms in total. The Morgan fingerprint density at radius 1 is 1.21 bits per heavy atom. The fraction of sp³-hybridized carbons (Fsp3) is 0.133. The summed E-state index contributed by atoms with van der Waals surface area (Å²) < 4.78 is 0. The van der Waals surface area contributed by atoms with Crippen LogP contribution in [0.3, 0.4) is 0 Å². The minimum atomic E-state index is -0.897. The van der Waals surface area contributed by atoms with Gasteiger partial charge in [-0.25, -0.2) is 4.79 Å². The molecule has 0 spiro atoms. The van der Waals surface area contributed by atoms with Gasteiger partial charge in [-0.05, 0) is 42.2 Å². The van der Waals surface area contributed by atoms with Gasteiger partial charge in [-0.3, -0.25) is 0 Å². The Hall–Kier alpha value is -1.94. The molecule has 2 N–H and O–H groups in total. The normalized spacial score (nSPS) is 10.2. The molecule has 0 fully saturated rings. The first kappa shape index (κ1) is 13.5. The van der Waals surface area contributed by atoms with Crippen molar-refractivity contribution in [2.24, 2.45) is 0 Å². The van der Waals surface area contributed by atoms with Gasteiger partial charge >= 0.3 is 5.97 Å². The van der Waals surface area contributed by atoms with E-state index in [2.05, 4.69) is 17.4 Å². The minimum absolute atomic E-state index is 0.317. The maximum absolute atomic E-state index is 10.9. The SMILES string of the molecule is CSc1cccc(NCc2cccc(C(=O)O)c2)c1. The molecule has 98 valence electrons. The second-order valence-corrected chi connectivity index (χ2v) is 4.97. The van der Waals surface area contributed by atoms with Crippen LogP contribution in [0.4, 0.5) is 5.69 Å². The molecule has 2 rings (SSSR count). The summed E-state index contributed by atoms with van der Waals surface area (Å²) in [6.07, 6.45) is 2.04. The van der Waals surface area contributed by atoms with Crippen LogP contribution in [0.2, 0.25) is 0 Å². The van der Waals surface area contributed by atoms with Gasteiger partial charge in [0.05, 0.1) is 5.56 Å². The average Bonchev–Trinajstić information content (AvgIpc) is 2.45. The van der Waals surface area contributed by atoms with Crippen molar-refractivity contribution < 1.29 is 9.90 Å². The first-order chi connectivity index (χ1) is 9.19. The Labute approximate surface area is 116 Å². The molecular formula is C15H15NO2S. The van der Waals surface area contributed by atoms with Crippen LogP contribution in [0.15, 0.2) is 53.4 Å². The summed E-state index contributed by atoms with van der Waals surface area (Å²) in [5.74, 6) is -0.897. The molecule has 0 aromatic heterocycles. The lowest BCUT2D eigenvalue weighted by molar-refractivity contribution is 0.0697. The van der Waals surface area contributed by atoms with Crippen molar-refractivity contribution in [3.8, 4) is 0 Å². The number of anilines is 1. The third-order valence-corrected chi connectivity index (χ3v) is 3.47. The standard InChI is InChI=1S/C15H15NO2S/c1-19-14-7-3-6-13(9-14)16-10-11-4-2-5-12(8-11)15(17)18/h2-9,16H,10H2,1H3,(H,17,18). The molecule has 4 heteroatoms. The number of benzene rings is 2. The zero-order valence-electron chi connectivity index (χ0n) is 10.6. The first-order valence-electron chi connectivity index (χ1n) is 5.89. The predicted molar refractivity (Wildman–Crippen MR) is 79.0 cm³/mol. The third-order valence-electron chi connectivity index (χ3n) is 2.74. The van der Waals surface area contributed by atoms with Crippen molar-refractivity contribution in [1.82, 2.24) is 0 Å². The number of hydrogen-bond acceptors (Lipinski definition) is 3. The minimum Gasteiger partial charge on any atom is -0.478 e. The lowest BCUT2D eigenvalue weighted by Crippen LogP contribution is -2.02. The van der Waals surface area contributed by atoms with E-state index in [9.17, 15) is 4.79 Å². The second kappa shape index (κ2) is 6.29. The molecule has 2 aromatic carbocycles. The van der Waals surface area contributed by atoms with E-state index in [1.54, 1.807) is 30.0 Å². The fourth-order valence-corrected chi connectivity index (χ4v) is 2.21. The highest BCUT2D eigenvalue weighted by Gasteiger charge is 2.03. The molecule has 0 saturated carbocycles. The molecule has 0 saturated heterocycles. The number of nitrogens with one attached hydrogen (secondary N) is 1.